The number of hydrogen-bond acceptors (Lipinski definition) is 5. The quantitative estimate of drug-likeness (QED) is 0.402. The summed E-state index contributed by atoms with van der Waals surface area (Å²) >= 11 is 0. The third-order valence-electron chi connectivity index (χ3n) is 6.19. The summed E-state index contributed by atoms with van der Waals surface area (Å²) in [6.07, 6.45) is 1.78. The molecule has 0 radical (unpaired) electrons. The first-order valence-corrected chi connectivity index (χ1v) is 11.6. The van der Waals surface area contributed by atoms with Crippen molar-refractivity contribution in [1.82, 2.24) is 14.6 Å². The van der Waals surface area contributed by atoms with Crippen LogP contribution in [0, 0.1) is 12.8 Å². The third-order valence-corrected chi connectivity index (χ3v) is 6.19. The average molecular weight is 441 g/mol. The second-order valence-electron chi connectivity index (χ2n) is 8.57. The van der Waals surface area contributed by atoms with Crippen molar-refractivity contribution in [3.05, 3.63) is 72.3 Å². The Morgan fingerprint density at radius 1 is 1.03 bits per heavy atom. The van der Waals surface area contributed by atoms with E-state index in [1.54, 1.807) is 0 Å². The smallest absolute Gasteiger partial charge is 0.310 e. The highest BCUT2D eigenvalue weighted by Crippen LogP contribution is 2.30. The Morgan fingerprint density at radius 2 is 1.79 bits per heavy atom. The molecule has 6 heteroatoms. The van der Waals surface area contributed by atoms with Crippen molar-refractivity contribution >= 4 is 17.4 Å². The van der Waals surface area contributed by atoms with Crippen LogP contribution in [0.3, 0.4) is 0 Å². The summed E-state index contributed by atoms with van der Waals surface area (Å²) in [4.78, 5) is 19.6. The Bertz CT molecular complexity index is 1260. The van der Waals surface area contributed by atoms with E-state index in [9.17, 15) is 4.79 Å². The number of benzene rings is 2. The van der Waals surface area contributed by atoms with Gasteiger partial charge in [0, 0.05) is 36.3 Å². The van der Waals surface area contributed by atoms with Gasteiger partial charge in [-0.2, -0.15) is 9.61 Å². The molecule has 33 heavy (non-hydrogen) atoms. The van der Waals surface area contributed by atoms with Gasteiger partial charge in [-0.15, -0.1) is 0 Å². The normalized spacial score (nSPS) is 16.2. The van der Waals surface area contributed by atoms with Gasteiger partial charge in [-0.25, -0.2) is 4.98 Å². The average Bonchev–Trinajstić information content (AvgIpc) is 3.29. The lowest BCUT2D eigenvalue weighted by atomic mass is 9.98. The van der Waals surface area contributed by atoms with E-state index in [0.717, 1.165) is 53.4 Å². The molecule has 0 amide bonds. The van der Waals surface area contributed by atoms with E-state index in [0.29, 0.717) is 13.2 Å². The molecule has 6 nitrogen and oxygen atoms in total. The number of anilines is 1. The molecule has 0 unspecified atom stereocenters. The summed E-state index contributed by atoms with van der Waals surface area (Å²) in [6.45, 7) is 5.82. The number of ether oxygens (including phenoxy) is 1. The van der Waals surface area contributed by atoms with Gasteiger partial charge in [0.25, 0.3) is 0 Å². The molecule has 3 heterocycles. The fraction of sp³-hybridized carbons (Fsp3) is 0.296. The molecule has 168 valence electrons. The Labute approximate surface area is 193 Å². The maximum Gasteiger partial charge on any atom is 0.310 e. The summed E-state index contributed by atoms with van der Waals surface area (Å²) in [7, 11) is 0. The van der Waals surface area contributed by atoms with Crippen molar-refractivity contribution in [3.8, 4) is 22.5 Å². The Kier molecular flexibility index (Phi) is 5.82. The van der Waals surface area contributed by atoms with E-state index in [4.69, 9.17) is 14.8 Å². The number of rotatable bonds is 5. The van der Waals surface area contributed by atoms with E-state index in [1.165, 1.54) is 5.56 Å². The van der Waals surface area contributed by atoms with E-state index >= 15 is 0 Å². The number of carbonyl (C=O) groups is 1. The Balaban J connectivity index is 1.60. The first-order valence-electron chi connectivity index (χ1n) is 11.6. The summed E-state index contributed by atoms with van der Waals surface area (Å²) in [5.74, 6) is 0.706. The highest BCUT2D eigenvalue weighted by atomic mass is 16.5. The first kappa shape index (κ1) is 21.2. The van der Waals surface area contributed by atoms with Crippen molar-refractivity contribution in [2.45, 2.75) is 26.7 Å². The first-order chi connectivity index (χ1) is 16.1. The fourth-order valence-corrected chi connectivity index (χ4v) is 4.44. The maximum absolute atomic E-state index is 12.5. The SMILES string of the molecule is CCOC(=O)[C@H]1CCCN(c2cc(-c3ccccc3)nc3cc(-c4ccc(C)cc4)nn23)C1. The van der Waals surface area contributed by atoms with Crippen molar-refractivity contribution in [2.24, 2.45) is 5.92 Å². The third kappa shape index (κ3) is 4.33. The molecule has 1 fully saturated rings. The van der Waals surface area contributed by atoms with Crippen LogP contribution in [0.1, 0.15) is 25.3 Å². The molecule has 0 N–H and O–H groups in total. The van der Waals surface area contributed by atoms with Crippen molar-refractivity contribution in [1.29, 1.82) is 0 Å². The van der Waals surface area contributed by atoms with Crippen LogP contribution in [0.15, 0.2) is 66.7 Å². The molecular weight excluding hydrogens is 412 g/mol. The number of hydrogen-bond donors (Lipinski definition) is 0. The largest absolute Gasteiger partial charge is 0.466 e. The minimum atomic E-state index is -0.130. The van der Waals surface area contributed by atoms with Gasteiger partial charge >= 0.3 is 5.97 Å². The molecule has 1 aliphatic rings. The van der Waals surface area contributed by atoms with Gasteiger partial charge in [0.15, 0.2) is 5.65 Å². The Morgan fingerprint density at radius 3 is 2.55 bits per heavy atom. The molecule has 0 aliphatic carbocycles. The van der Waals surface area contributed by atoms with Gasteiger partial charge < -0.3 is 9.64 Å². The van der Waals surface area contributed by atoms with Crippen LogP contribution in [0.25, 0.3) is 28.2 Å². The van der Waals surface area contributed by atoms with Gasteiger partial charge in [0.2, 0.25) is 0 Å². The standard InChI is InChI=1S/C27H28N4O2/c1-3-33-27(32)22-10-7-15-30(18-22)26-17-23(20-8-5-4-6-9-20)28-25-16-24(29-31(25)26)21-13-11-19(2)12-14-21/h4-6,8-9,11-14,16-17,22H,3,7,10,15,18H2,1-2H3/t22-/m0/s1. The van der Waals surface area contributed by atoms with Gasteiger partial charge in [-0.1, -0.05) is 60.2 Å². The second kappa shape index (κ2) is 9.06. The van der Waals surface area contributed by atoms with E-state index in [2.05, 4.69) is 54.3 Å². The van der Waals surface area contributed by atoms with Crippen LogP contribution >= 0.6 is 0 Å². The zero-order valence-corrected chi connectivity index (χ0v) is 19.1. The molecule has 5 rings (SSSR count). The summed E-state index contributed by atoms with van der Waals surface area (Å²) in [6, 6.07) is 22.7. The molecular formula is C27H28N4O2. The van der Waals surface area contributed by atoms with E-state index in [1.807, 2.05) is 35.7 Å². The van der Waals surface area contributed by atoms with Crippen LogP contribution in [0.4, 0.5) is 5.82 Å². The number of fused-ring (bicyclic) bond motifs is 1. The van der Waals surface area contributed by atoms with Crippen LogP contribution in [-0.2, 0) is 9.53 Å². The van der Waals surface area contributed by atoms with Crippen LogP contribution in [-0.4, -0.2) is 40.3 Å². The number of nitrogens with zero attached hydrogens (tertiary/aromatic N) is 4. The molecule has 2 aromatic heterocycles. The fourth-order valence-electron chi connectivity index (χ4n) is 4.44. The predicted octanol–water partition coefficient (Wildman–Crippen LogP) is 5.15. The summed E-state index contributed by atoms with van der Waals surface area (Å²) in [5.41, 5.74) is 5.89. The van der Waals surface area contributed by atoms with Crippen molar-refractivity contribution < 1.29 is 9.53 Å². The minimum Gasteiger partial charge on any atom is -0.466 e. The molecule has 4 aromatic rings. The molecule has 2 aromatic carbocycles. The van der Waals surface area contributed by atoms with Crippen molar-refractivity contribution in [3.63, 3.8) is 0 Å². The Hall–Kier alpha value is -3.67. The number of aromatic nitrogens is 3. The van der Waals surface area contributed by atoms with Gasteiger partial charge in [0.1, 0.15) is 5.82 Å². The number of carbonyl (C=O) groups excluding carboxylic acids is 1. The lowest BCUT2D eigenvalue weighted by Crippen LogP contribution is -2.40. The molecule has 1 aliphatic heterocycles. The zero-order valence-electron chi connectivity index (χ0n) is 19.1. The summed E-state index contributed by atoms with van der Waals surface area (Å²) in [5, 5.41) is 4.93. The molecule has 0 spiro atoms. The maximum atomic E-state index is 12.5. The lowest BCUT2D eigenvalue weighted by molar-refractivity contribution is -0.148. The minimum absolute atomic E-state index is 0.114. The molecule has 1 saturated heterocycles. The zero-order chi connectivity index (χ0) is 22.8. The predicted molar refractivity (Wildman–Crippen MR) is 130 cm³/mol. The molecule has 0 bridgehead atoms. The van der Waals surface area contributed by atoms with Gasteiger partial charge in [-0.3, -0.25) is 4.79 Å². The topological polar surface area (TPSA) is 59.7 Å². The van der Waals surface area contributed by atoms with E-state index < -0.39 is 0 Å². The second-order valence-corrected chi connectivity index (χ2v) is 8.57. The molecule has 0 saturated carbocycles. The number of esters is 1. The monoisotopic (exact) mass is 440 g/mol. The van der Waals surface area contributed by atoms with E-state index in [-0.39, 0.29) is 11.9 Å². The van der Waals surface area contributed by atoms with Crippen LogP contribution in [0.2, 0.25) is 0 Å². The molecule has 1 atom stereocenters. The highest BCUT2D eigenvalue weighted by molar-refractivity contribution is 5.75. The van der Waals surface area contributed by atoms with Gasteiger partial charge in [-0.05, 0) is 26.7 Å². The van der Waals surface area contributed by atoms with Gasteiger partial charge in [0.05, 0.1) is 23.9 Å². The van der Waals surface area contributed by atoms with Crippen LogP contribution < -0.4 is 4.90 Å². The van der Waals surface area contributed by atoms with Crippen molar-refractivity contribution in [2.75, 3.05) is 24.6 Å². The van der Waals surface area contributed by atoms with Crippen LogP contribution in [0.5, 0.6) is 0 Å². The number of aryl methyl sites for hydroxylation is 1. The highest BCUT2D eigenvalue weighted by Gasteiger charge is 2.29. The summed E-state index contributed by atoms with van der Waals surface area (Å²) < 4.78 is 7.23. The number of piperidine rings is 1. The lowest BCUT2D eigenvalue weighted by Gasteiger charge is -2.33.